The summed E-state index contributed by atoms with van der Waals surface area (Å²) in [5.41, 5.74) is 0.994. The van der Waals surface area contributed by atoms with E-state index in [1.54, 1.807) is 21.9 Å². The fourth-order valence-corrected chi connectivity index (χ4v) is 3.18. The van der Waals surface area contributed by atoms with Gasteiger partial charge in [-0.25, -0.2) is 0 Å². The van der Waals surface area contributed by atoms with Crippen molar-refractivity contribution >= 4 is 17.5 Å². The number of benzene rings is 2. The van der Waals surface area contributed by atoms with Crippen molar-refractivity contribution < 1.29 is 22.8 Å². The molecule has 2 aromatic carbocycles. The van der Waals surface area contributed by atoms with Gasteiger partial charge in [-0.2, -0.15) is 13.2 Å². The summed E-state index contributed by atoms with van der Waals surface area (Å²) in [6, 6.07) is 11.5. The van der Waals surface area contributed by atoms with Gasteiger partial charge in [0.25, 0.3) is 11.8 Å². The minimum Gasteiger partial charge on any atom is -0.378 e. The van der Waals surface area contributed by atoms with Crippen LogP contribution in [0.1, 0.15) is 26.3 Å². The molecular weight excluding hydrogens is 383 g/mol. The lowest BCUT2D eigenvalue weighted by Gasteiger charge is -2.35. The molecule has 0 N–H and O–H groups in total. The van der Waals surface area contributed by atoms with Gasteiger partial charge in [0.1, 0.15) is 0 Å². The fraction of sp³-hybridized carbons (Fsp3) is 0.333. The Labute approximate surface area is 167 Å². The number of nitrogens with zero attached hydrogens (tertiary/aromatic N) is 3. The number of halogens is 3. The van der Waals surface area contributed by atoms with Crippen molar-refractivity contribution in [2.45, 2.75) is 6.18 Å². The highest BCUT2D eigenvalue weighted by molar-refractivity contribution is 5.96. The normalized spacial score (nSPS) is 14.7. The molecule has 0 atom stereocenters. The molecule has 1 aliphatic rings. The molecular formula is C21H22F3N3O2. The summed E-state index contributed by atoms with van der Waals surface area (Å²) in [5.74, 6) is -0.432. The molecule has 3 rings (SSSR count). The Morgan fingerprint density at radius 3 is 1.48 bits per heavy atom. The third-order valence-electron chi connectivity index (χ3n) is 4.94. The number of piperazine rings is 1. The van der Waals surface area contributed by atoms with Gasteiger partial charge in [-0.3, -0.25) is 9.59 Å². The number of carbonyl (C=O) groups excluding carboxylic acids is 2. The number of carbonyl (C=O) groups is 2. The quantitative estimate of drug-likeness (QED) is 0.787. The first kappa shape index (κ1) is 20.7. The maximum absolute atomic E-state index is 12.7. The van der Waals surface area contributed by atoms with Crippen LogP contribution in [0.5, 0.6) is 0 Å². The van der Waals surface area contributed by atoms with Gasteiger partial charge >= 0.3 is 6.18 Å². The molecule has 0 unspecified atom stereocenters. The molecule has 1 fully saturated rings. The molecule has 1 heterocycles. The minimum absolute atomic E-state index is 0.100. The summed E-state index contributed by atoms with van der Waals surface area (Å²) >= 11 is 0. The number of anilines is 1. The van der Waals surface area contributed by atoms with E-state index >= 15 is 0 Å². The maximum Gasteiger partial charge on any atom is 0.416 e. The highest BCUT2D eigenvalue weighted by Crippen LogP contribution is 2.29. The Hall–Kier alpha value is -3.03. The third-order valence-corrected chi connectivity index (χ3v) is 4.94. The predicted octanol–water partition coefficient (Wildman–Crippen LogP) is 3.37. The van der Waals surface area contributed by atoms with Crippen LogP contribution in [0.25, 0.3) is 0 Å². The van der Waals surface area contributed by atoms with Crippen LogP contribution < -0.4 is 4.90 Å². The summed E-state index contributed by atoms with van der Waals surface area (Å²) in [4.78, 5) is 30.4. The van der Waals surface area contributed by atoms with Gasteiger partial charge in [-0.05, 0) is 48.5 Å². The molecule has 8 heteroatoms. The largest absolute Gasteiger partial charge is 0.416 e. The summed E-state index contributed by atoms with van der Waals surface area (Å²) in [5, 5.41) is 0. The van der Waals surface area contributed by atoms with Crippen molar-refractivity contribution in [1.82, 2.24) is 9.80 Å². The lowest BCUT2D eigenvalue weighted by atomic mass is 10.1. The second kappa shape index (κ2) is 8.14. The molecule has 0 aromatic heterocycles. The smallest absolute Gasteiger partial charge is 0.378 e. The monoisotopic (exact) mass is 405 g/mol. The average Bonchev–Trinajstić information content (AvgIpc) is 2.72. The second-order valence-electron chi connectivity index (χ2n) is 7.10. The van der Waals surface area contributed by atoms with E-state index in [4.69, 9.17) is 0 Å². The van der Waals surface area contributed by atoms with Crippen molar-refractivity contribution in [2.24, 2.45) is 0 Å². The zero-order chi connectivity index (χ0) is 21.2. The molecule has 5 nitrogen and oxygen atoms in total. The lowest BCUT2D eigenvalue weighted by molar-refractivity contribution is -0.137. The SMILES string of the molecule is CN(C)c1ccc(C(=O)N2CCN(C(=O)c3ccc(C(F)(F)F)cc3)CC2)cc1. The van der Waals surface area contributed by atoms with Gasteiger partial charge < -0.3 is 14.7 Å². The zero-order valence-corrected chi connectivity index (χ0v) is 16.2. The van der Waals surface area contributed by atoms with Gasteiger partial charge in [0, 0.05) is 57.1 Å². The number of alkyl halides is 3. The summed E-state index contributed by atoms with van der Waals surface area (Å²) < 4.78 is 38.0. The molecule has 0 radical (unpaired) electrons. The Kier molecular flexibility index (Phi) is 5.81. The molecule has 2 amide bonds. The predicted molar refractivity (Wildman–Crippen MR) is 104 cm³/mol. The molecule has 1 aliphatic heterocycles. The van der Waals surface area contributed by atoms with Crippen LogP contribution in [0.15, 0.2) is 48.5 Å². The van der Waals surface area contributed by atoms with E-state index in [1.165, 1.54) is 12.1 Å². The average molecular weight is 405 g/mol. The lowest BCUT2D eigenvalue weighted by Crippen LogP contribution is -2.50. The Morgan fingerprint density at radius 1 is 0.759 bits per heavy atom. The van der Waals surface area contributed by atoms with Crippen LogP contribution in [0.2, 0.25) is 0 Å². The van der Waals surface area contributed by atoms with Crippen LogP contribution in [-0.2, 0) is 6.18 Å². The van der Waals surface area contributed by atoms with Crippen molar-refractivity contribution in [2.75, 3.05) is 45.2 Å². The minimum atomic E-state index is -4.43. The summed E-state index contributed by atoms with van der Waals surface area (Å²) in [6.07, 6.45) is -4.43. The summed E-state index contributed by atoms with van der Waals surface area (Å²) in [6.45, 7) is 1.42. The van der Waals surface area contributed by atoms with Gasteiger partial charge in [0.05, 0.1) is 5.56 Å². The molecule has 2 aromatic rings. The first-order valence-corrected chi connectivity index (χ1v) is 9.20. The molecule has 29 heavy (non-hydrogen) atoms. The maximum atomic E-state index is 12.7. The van der Waals surface area contributed by atoms with Crippen molar-refractivity contribution in [3.63, 3.8) is 0 Å². The van der Waals surface area contributed by atoms with Crippen LogP contribution in [0.3, 0.4) is 0 Å². The van der Waals surface area contributed by atoms with E-state index < -0.39 is 11.7 Å². The first-order chi connectivity index (χ1) is 13.7. The number of amides is 2. The standard InChI is InChI=1S/C21H22F3N3O2/c1-25(2)18-9-5-16(6-10-18)20(29)27-13-11-26(12-14-27)19(28)15-3-7-17(8-4-15)21(22,23)24/h3-10H,11-14H2,1-2H3. The van der Waals surface area contributed by atoms with Crippen molar-refractivity contribution in [1.29, 1.82) is 0 Å². The molecule has 0 aliphatic carbocycles. The Morgan fingerprint density at radius 2 is 1.14 bits per heavy atom. The highest BCUT2D eigenvalue weighted by Gasteiger charge is 2.31. The van der Waals surface area contributed by atoms with E-state index in [2.05, 4.69) is 0 Å². The summed E-state index contributed by atoms with van der Waals surface area (Å²) in [7, 11) is 3.84. The first-order valence-electron chi connectivity index (χ1n) is 9.20. The number of hydrogen-bond acceptors (Lipinski definition) is 3. The molecule has 0 bridgehead atoms. The topological polar surface area (TPSA) is 43.9 Å². The van der Waals surface area contributed by atoms with E-state index in [-0.39, 0.29) is 17.4 Å². The van der Waals surface area contributed by atoms with Crippen LogP contribution >= 0.6 is 0 Å². The van der Waals surface area contributed by atoms with E-state index in [9.17, 15) is 22.8 Å². The molecule has 0 spiro atoms. The highest BCUT2D eigenvalue weighted by atomic mass is 19.4. The number of rotatable bonds is 3. The Balaban J connectivity index is 1.59. The molecule has 0 saturated carbocycles. The van der Waals surface area contributed by atoms with Crippen LogP contribution in [0.4, 0.5) is 18.9 Å². The van der Waals surface area contributed by atoms with Gasteiger partial charge in [-0.1, -0.05) is 0 Å². The third kappa shape index (κ3) is 4.70. The second-order valence-corrected chi connectivity index (χ2v) is 7.10. The van der Waals surface area contributed by atoms with E-state index in [0.717, 1.165) is 17.8 Å². The number of hydrogen-bond donors (Lipinski definition) is 0. The molecule has 1 saturated heterocycles. The van der Waals surface area contributed by atoms with Crippen LogP contribution in [0, 0.1) is 0 Å². The van der Waals surface area contributed by atoms with Crippen molar-refractivity contribution in [3.05, 3.63) is 65.2 Å². The van der Waals surface area contributed by atoms with Gasteiger partial charge in [-0.15, -0.1) is 0 Å². The van der Waals surface area contributed by atoms with Crippen LogP contribution in [-0.4, -0.2) is 61.9 Å². The fourth-order valence-electron chi connectivity index (χ4n) is 3.18. The van der Waals surface area contributed by atoms with E-state index in [1.807, 2.05) is 31.1 Å². The van der Waals surface area contributed by atoms with Gasteiger partial charge in [0.2, 0.25) is 0 Å². The molecule has 154 valence electrons. The van der Waals surface area contributed by atoms with Crippen molar-refractivity contribution in [3.8, 4) is 0 Å². The van der Waals surface area contributed by atoms with E-state index in [0.29, 0.717) is 31.7 Å². The Bertz CT molecular complexity index is 870. The zero-order valence-electron chi connectivity index (χ0n) is 16.2. The van der Waals surface area contributed by atoms with Gasteiger partial charge in [0.15, 0.2) is 0 Å².